The molecular formula is C13H17ClF4N2O. The molecule has 3 nitrogen and oxygen atoms in total. The Kier molecular flexibility index (Phi) is 6.24. The van der Waals surface area contributed by atoms with Gasteiger partial charge in [0, 0.05) is 26.2 Å². The van der Waals surface area contributed by atoms with Gasteiger partial charge in [-0.2, -0.15) is 13.2 Å². The minimum absolute atomic E-state index is 0. The van der Waals surface area contributed by atoms with Crippen molar-refractivity contribution in [2.75, 3.05) is 33.3 Å². The number of nitrogens with one attached hydrogen (secondary N) is 1. The predicted molar refractivity (Wildman–Crippen MR) is 73.4 cm³/mol. The van der Waals surface area contributed by atoms with Crippen molar-refractivity contribution in [3.63, 3.8) is 0 Å². The monoisotopic (exact) mass is 328 g/mol. The van der Waals surface area contributed by atoms with Crippen LogP contribution in [0, 0.1) is 5.82 Å². The molecule has 1 aliphatic heterocycles. The fourth-order valence-corrected chi connectivity index (χ4v) is 2.40. The Bertz CT molecular complexity index is 464. The Morgan fingerprint density at radius 1 is 1.24 bits per heavy atom. The summed E-state index contributed by atoms with van der Waals surface area (Å²) in [5.41, 5.74) is -0.0994. The smallest absolute Gasteiger partial charge is 0.408 e. The molecule has 1 fully saturated rings. The third-order valence-electron chi connectivity index (χ3n) is 3.32. The van der Waals surface area contributed by atoms with Gasteiger partial charge in [-0.25, -0.2) is 4.39 Å². The zero-order valence-electron chi connectivity index (χ0n) is 11.4. The maximum absolute atomic E-state index is 13.6. The molecular weight excluding hydrogens is 312 g/mol. The largest absolute Gasteiger partial charge is 0.494 e. The van der Waals surface area contributed by atoms with E-state index in [0.717, 1.165) is 6.07 Å². The first kappa shape index (κ1) is 18.0. The Morgan fingerprint density at radius 3 is 2.33 bits per heavy atom. The number of nitrogens with zero attached hydrogens (tertiary/aromatic N) is 1. The van der Waals surface area contributed by atoms with Crippen LogP contribution >= 0.6 is 12.4 Å². The minimum atomic E-state index is -4.45. The van der Waals surface area contributed by atoms with Gasteiger partial charge >= 0.3 is 6.18 Å². The summed E-state index contributed by atoms with van der Waals surface area (Å²) in [7, 11) is 1.27. The van der Waals surface area contributed by atoms with E-state index in [1.54, 1.807) is 0 Å². The number of halogens is 5. The maximum Gasteiger partial charge on any atom is 0.408 e. The van der Waals surface area contributed by atoms with Crippen molar-refractivity contribution >= 4 is 12.4 Å². The first-order chi connectivity index (χ1) is 9.43. The van der Waals surface area contributed by atoms with Crippen molar-refractivity contribution in [2.24, 2.45) is 0 Å². The SMILES string of the molecule is COc1ccc([C@H](N2CCNCC2)C(F)(F)F)cc1F.Cl. The van der Waals surface area contributed by atoms with Crippen LogP contribution in [-0.4, -0.2) is 44.4 Å². The third kappa shape index (κ3) is 4.21. The average Bonchev–Trinajstić information content (AvgIpc) is 2.39. The second kappa shape index (κ2) is 7.29. The van der Waals surface area contributed by atoms with Crippen LogP contribution in [0.25, 0.3) is 0 Å². The molecule has 21 heavy (non-hydrogen) atoms. The Balaban J connectivity index is 0.00000220. The summed E-state index contributed by atoms with van der Waals surface area (Å²) < 4.78 is 58.2. The van der Waals surface area contributed by atoms with Crippen LogP contribution in [0.3, 0.4) is 0 Å². The lowest BCUT2D eigenvalue weighted by molar-refractivity contribution is -0.187. The number of rotatable bonds is 3. The van der Waals surface area contributed by atoms with Gasteiger partial charge in [-0.15, -0.1) is 12.4 Å². The highest BCUT2D eigenvalue weighted by atomic mass is 35.5. The molecule has 0 aliphatic carbocycles. The van der Waals surface area contributed by atoms with Crippen molar-refractivity contribution < 1.29 is 22.3 Å². The lowest BCUT2D eigenvalue weighted by Gasteiger charge is -2.36. The number of piperazine rings is 1. The lowest BCUT2D eigenvalue weighted by atomic mass is 10.0. The van der Waals surface area contributed by atoms with Crippen molar-refractivity contribution in [1.29, 1.82) is 0 Å². The van der Waals surface area contributed by atoms with E-state index >= 15 is 0 Å². The summed E-state index contributed by atoms with van der Waals surface area (Å²) in [5.74, 6) is -0.843. The number of hydrogen-bond acceptors (Lipinski definition) is 3. The van der Waals surface area contributed by atoms with Gasteiger partial charge in [-0.3, -0.25) is 4.90 Å². The predicted octanol–water partition coefficient (Wildman–Crippen LogP) is 2.76. The first-order valence-corrected chi connectivity index (χ1v) is 6.28. The molecule has 1 aromatic carbocycles. The Morgan fingerprint density at radius 2 is 1.86 bits per heavy atom. The number of alkyl halides is 3. The fourth-order valence-electron chi connectivity index (χ4n) is 2.40. The quantitative estimate of drug-likeness (QED) is 0.864. The van der Waals surface area contributed by atoms with E-state index in [9.17, 15) is 17.6 Å². The molecule has 0 spiro atoms. The van der Waals surface area contributed by atoms with Crippen LogP contribution in [0.1, 0.15) is 11.6 Å². The van der Waals surface area contributed by atoms with Crippen molar-refractivity contribution in [2.45, 2.75) is 12.2 Å². The zero-order chi connectivity index (χ0) is 14.8. The third-order valence-corrected chi connectivity index (χ3v) is 3.32. The Labute approximate surface area is 126 Å². The molecule has 1 saturated heterocycles. The van der Waals surface area contributed by atoms with Gasteiger partial charge in [0.05, 0.1) is 7.11 Å². The van der Waals surface area contributed by atoms with Crippen LogP contribution in [0.15, 0.2) is 18.2 Å². The van der Waals surface area contributed by atoms with E-state index in [2.05, 4.69) is 5.32 Å². The lowest BCUT2D eigenvalue weighted by Crippen LogP contribution is -2.49. The number of methoxy groups -OCH3 is 1. The molecule has 0 aromatic heterocycles. The molecule has 0 bridgehead atoms. The molecule has 1 heterocycles. The van der Waals surface area contributed by atoms with Crippen LogP contribution in [-0.2, 0) is 0 Å². The van der Waals surface area contributed by atoms with Crippen molar-refractivity contribution in [3.05, 3.63) is 29.6 Å². The zero-order valence-corrected chi connectivity index (χ0v) is 12.2. The van der Waals surface area contributed by atoms with Gasteiger partial charge in [0.15, 0.2) is 11.6 Å². The summed E-state index contributed by atoms with van der Waals surface area (Å²) in [5, 5.41) is 3.00. The van der Waals surface area contributed by atoms with Crippen molar-refractivity contribution in [1.82, 2.24) is 10.2 Å². The van der Waals surface area contributed by atoms with Crippen LogP contribution in [0.4, 0.5) is 17.6 Å². The highest BCUT2D eigenvalue weighted by molar-refractivity contribution is 5.85. The highest BCUT2D eigenvalue weighted by Gasteiger charge is 2.45. The molecule has 8 heteroatoms. The summed E-state index contributed by atoms with van der Waals surface area (Å²) in [4.78, 5) is 1.32. The van der Waals surface area contributed by atoms with Gasteiger partial charge in [0.1, 0.15) is 6.04 Å². The molecule has 1 aromatic rings. The van der Waals surface area contributed by atoms with E-state index < -0.39 is 18.0 Å². The normalized spacial score (nSPS) is 18.0. The number of ether oxygens (including phenoxy) is 1. The highest BCUT2D eigenvalue weighted by Crippen LogP contribution is 2.38. The van der Waals surface area contributed by atoms with Gasteiger partial charge in [-0.05, 0) is 17.7 Å². The summed E-state index contributed by atoms with van der Waals surface area (Å²) >= 11 is 0. The molecule has 1 atom stereocenters. The summed E-state index contributed by atoms with van der Waals surface area (Å²) in [6.45, 7) is 1.53. The van der Waals surface area contributed by atoms with Crippen molar-refractivity contribution in [3.8, 4) is 5.75 Å². The second-order valence-electron chi connectivity index (χ2n) is 4.62. The molecule has 0 amide bonds. The van der Waals surface area contributed by atoms with Crippen LogP contribution < -0.4 is 10.1 Å². The maximum atomic E-state index is 13.6. The molecule has 0 unspecified atom stereocenters. The first-order valence-electron chi connectivity index (χ1n) is 6.28. The summed E-state index contributed by atoms with van der Waals surface area (Å²) in [6, 6.07) is 1.61. The van der Waals surface area contributed by atoms with E-state index in [-0.39, 0.29) is 36.8 Å². The van der Waals surface area contributed by atoms with Gasteiger partial charge in [0.25, 0.3) is 0 Å². The van der Waals surface area contributed by atoms with Crippen LogP contribution in [0.5, 0.6) is 5.75 Å². The van der Waals surface area contributed by atoms with Gasteiger partial charge in [0.2, 0.25) is 0 Å². The molecule has 1 N–H and O–H groups in total. The molecule has 2 rings (SSSR count). The summed E-state index contributed by atoms with van der Waals surface area (Å²) in [6.07, 6.45) is -4.45. The second-order valence-corrected chi connectivity index (χ2v) is 4.62. The van der Waals surface area contributed by atoms with Crippen LogP contribution in [0.2, 0.25) is 0 Å². The fraction of sp³-hybridized carbons (Fsp3) is 0.538. The van der Waals surface area contributed by atoms with E-state index in [4.69, 9.17) is 4.74 Å². The number of hydrogen-bond donors (Lipinski definition) is 1. The van der Waals surface area contributed by atoms with E-state index in [1.165, 1.54) is 24.1 Å². The van der Waals surface area contributed by atoms with Gasteiger partial charge < -0.3 is 10.1 Å². The topological polar surface area (TPSA) is 24.5 Å². The van der Waals surface area contributed by atoms with Gasteiger partial charge in [-0.1, -0.05) is 6.07 Å². The van der Waals surface area contributed by atoms with E-state index in [1.807, 2.05) is 0 Å². The number of benzene rings is 1. The average molecular weight is 329 g/mol. The van der Waals surface area contributed by atoms with E-state index in [0.29, 0.717) is 13.1 Å². The standard InChI is InChI=1S/C13H16F4N2O.ClH/c1-20-11-3-2-9(8-10(11)14)12(13(15,16)17)19-6-4-18-5-7-19;/h2-3,8,12,18H,4-7H2,1H3;1H/t12-;/m0./s1. The molecule has 1 aliphatic rings. The molecule has 120 valence electrons. The molecule has 0 saturated carbocycles. The Hall–Kier alpha value is -1.05. The molecule has 0 radical (unpaired) electrons. The minimum Gasteiger partial charge on any atom is -0.494 e.